The van der Waals surface area contributed by atoms with Crippen LogP contribution in [0.2, 0.25) is 0 Å². The molecule has 0 unspecified atom stereocenters. The van der Waals surface area contributed by atoms with Crippen molar-refractivity contribution in [1.82, 2.24) is 10.2 Å². The van der Waals surface area contributed by atoms with Gasteiger partial charge < -0.3 is 15.3 Å². The van der Waals surface area contributed by atoms with Gasteiger partial charge in [-0.25, -0.2) is 0 Å². The number of carbonyl (C=O) groups is 2. The standard InChI is InChI=1S/C15H26N2O3/c1-17-8-4-12(5-9-17)11-16-13(18)10-15(14(19)20)6-2-3-7-15/h12H,2-11H2,1H3,(H,16,18)(H,19,20). The van der Waals surface area contributed by atoms with E-state index in [2.05, 4.69) is 17.3 Å². The van der Waals surface area contributed by atoms with Gasteiger partial charge in [0, 0.05) is 13.0 Å². The number of piperidine rings is 1. The lowest BCUT2D eigenvalue weighted by atomic mass is 9.82. The van der Waals surface area contributed by atoms with Crippen molar-refractivity contribution in [1.29, 1.82) is 0 Å². The first kappa shape index (κ1) is 15.3. The van der Waals surface area contributed by atoms with Gasteiger partial charge >= 0.3 is 5.97 Å². The minimum atomic E-state index is -0.801. The lowest BCUT2D eigenvalue weighted by Crippen LogP contribution is -2.40. The number of amides is 1. The zero-order valence-corrected chi connectivity index (χ0v) is 12.4. The number of nitrogens with one attached hydrogen (secondary N) is 1. The fourth-order valence-electron chi connectivity index (χ4n) is 3.41. The Labute approximate surface area is 120 Å². The Morgan fingerprint density at radius 3 is 2.40 bits per heavy atom. The maximum atomic E-state index is 12.0. The van der Waals surface area contributed by atoms with Gasteiger partial charge in [0.2, 0.25) is 5.91 Å². The van der Waals surface area contributed by atoms with Crippen molar-refractivity contribution in [3.63, 3.8) is 0 Å². The first-order chi connectivity index (χ1) is 9.52. The van der Waals surface area contributed by atoms with Crippen LogP contribution in [0.3, 0.4) is 0 Å². The van der Waals surface area contributed by atoms with Gasteiger partial charge in [-0.15, -0.1) is 0 Å². The van der Waals surface area contributed by atoms with E-state index in [0.29, 0.717) is 25.3 Å². The molecule has 1 heterocycles. The van der Waals surface area contributed by atoms with Gasteiger partial charge in [-0.2, -0.15) is 0 Å². The van der Waals surface area contributed by atoms with Crippen LogP contribution in [0.1, 0.15) is 44.9 Å². The zero-order valence-electron chi connectivity index (χ0n) is 12.4. The van der Waals surface area contributed by atoms with Gasteiger partial charge in [0.25, 0.3) is 0 Å². The summed E-state index contributed by atoms with van der Waals surface area (Å²) in [6.07, 6.45) is 5.51. The number of hydrogen-bond donors (Lipinski definition) is 2. The number of likely N-dealkylation sites (tertiary alicyclic amines) is 1. The Kier molecular flexibility index (Phi) is 5.02. The quantitative estimate of drug-likeness (QED) is 0.801. The zero-order chi connectivity index (χ0) is 14.6. The van der Waals surface area contributed by atoms with Crippen LogP contribution in [-0.2, 0) is 9.59 Å². The van der Waals surface area contributed by atoms with Crippen LogP contribution in [-0.4, -0.2) is 48.6 Å². The summed E-state index contributed by atoms with van der Waals surface area (Å²) in [4.78, 5) is 25.7. The van der Waals surface area contributed by atoms with E-state index in [9.17, 15) is 14.7 Å². The van der Waals surface area contributed by atoms with E-state index >= 15 is 0 Å². The molecule has 0 spiro atoms. The molecule has 0 atom stereocenters. The molecule has 1 saturated heterocycles. The fraction of sp³-hybridized carbons (Fsp3) is 0.867. The first-order valence-corrected chi connectivity index (χ1v) is 7.70. The van der Waals surface area contributed by atoms with Crippen molar-refractivity contribution in [2.75, 3.05) is 26.7 Å². The molecule has 0 aromatic rings. The number of carbonyl (C=O) groups excluding carboxylic acids is 1. The van der Waals surface area contributed by atoms with Crippen LogP contribution in [0.25, 0.3) is 0 Å². The fourth-order valence-corrected chi connectivity index (χ4v) is 3.41. The SMILES string of the molecule is CN1CCC(CNC(=O)CC2(C(=O)O)CCCC2)CC1. The molecule has 0 bridgehead atoms. The average molecular weight is 282 g/mol. The van der Waals surface area contributed by atoms with Gasteiger partial charge in [0.05, 0.1) is 5.41 Å². The van der Waals surface area contributed by atoms with Crippen LogP contribution in [0, 0.1) is 11.3 Å². The second-order valence-electron chi connectivity index (χ2n) is 6.52. The van der Waals surface area contributed by atoms with Crippen molar-refractivity contribution in [3.8, 4) is 0 Å². The highest BCUT2D eigenvalue weighted by Gasteiger charge is 2.42. The summed E-state index contributed by atoms with van der Waals surface area (Å²) in [6, 6.07) is 0. The number of hydrogen-bond acceptors (Lipinski definition) is 3. The molecule has 20 heavy (non-hydrogen) atoms. The van der Waals surface area contributed by atoms with Crippen LogP contribution >= 0.6 is 0 Å². The van der Waals surface area contributed by atoms with Crippen LogP contribution in [0.5, 0.6) is 0 Å². The summed E-state index contributed by atoms with van der Waals surface area (Å²) >= 11 is 0. The predicted molar refractivity (Wildman–Crippen MR) is 76.4 cm³/mol. The molecule has 0 aromatic carbocycles. The van der Waals surface area contributed by atoms with Crippen molar-refractivity contribution in [3.05, 3.63) is 0 Å². The molecular weight excluding hydrogens is 256 g/mol. The molecular formula is C15H26N2O3. The lowest BCUT2D eigenvalue weighted by Gasteiger charge is -2.29. The topological polar surface area (TPSA) is 69.6 Å². The molecule has 1 aliphatic heterocycles. The summed E-state index contributed by atoms with van der Waals surface area (Å²) in [7, 11) is 2.12. The second-order valence-corrected chi connectivity index (χ2v) is 6.52. The van der Waals surface area contributed by atoms with Gasteiger partial charge in [0.1, 0.15) is 0 Å². The van der Waals surface area contributed by atoms with E-state index < -0.39 is 11.4 Å². The highest BCUT2D eigenvalue weighted by Crippen LogP contribution is 2.41. The summed E-state index contributed by atoms with van der Waals surface area (Å²) in [5.41, 5.74) is -0.795. The van der Waals surface area contributed by atoms with Crippen molar-refractivity contribution in [2.45, 2.75) is 44.9 Å². The largest absolute Gasteiger partial charge is 0.481 e. The van der Waals surface area contributed by atoms with E-state index in [4.69, 9.17) is 0 Å². The van der Waals surface area contributed by atoms with Gasteiger partial charge in [0.15, 0.2) is 0 Å². The monoisotopic (exact) mass is 282 g/mol. The van der Waals surface area contributed by atoms with Gasteiger partial charge in [-0.3, -0.25) is 9.59 Å². The molecule has 114 valence electrons. The van der Waals surface area contributed by atoms with Crippen molar-refractivity contribution in [2.24, 2.45) is 11.3 Å². The van der Waals surface area contributed by atoms with Crippen LogP contribution in [0.15, 0.2) is 0 Å². The van der Waals surface area contributed by atoms with E-state index in [1.54, 1.807) is 0 Å². The third-order valence-corrected chi connectivity index (χ3v) is 4.94. The summed E-state index contributed by atoms with van der Waals surface area (Å²) < 4.78 is 0. The average Bonchev–Trinajstić information content (AvgIpc) is 2.88. The van der Waals surface area contributed by atoms with Crippen molar-refractivity contribution < 1.29 is 14.7 Å². The maximum absolute atomic E-state index is 12.0. The van der Waals surface area contributed by atoms with E-state index in [1.165, 1.54) is 0 Å². The minimum Gasteiger partial charge on any atom is -0.481 e. The molecule has 2 N–H and O–H groups in total. The van der Waals surface area contributed by atoms with Gasteiger partial charge in [-0.1, -0.05) is 12.8 Å². The summed E-state index contributed by atoms with van der Waals surface area (Å²) in [5, 5.41) is 12.3. The molecule has 1 amide bonds. The molecule has 2 fully saturated rings. The van der Waals surface area contributed by atoms with E-state index in [1.807, 2.05) is 0 Å². The maximum Gasteiger partial charge on any atom is 0.310 e. The van der Waals surface area contributed by atoms with Crippen LogP contribution in [0.4, 0.5) is 0 Å². The third kappa shape index (κ3) is 3.72. The van der Waals surface area contributed by atoms with E-state index in [-0.39, 0.29) is 12.3 Å². The Bertz CT molecular complexity index is 356. The highest BCUT2D eigenvalue weighted by atomic mass is 16.4. The number of rotatable bonds is 5. The highest BCUT2D eigenvalue weighted by molar-refractivity contribution is 5.85. The number of nitrogens with zero attached hydrogens (tertiary/aromatic N) is 1. The summed E-state index contributed by atoms with van der Waals surface area (Å²) in [6.45, 7) is 2.86. The molecule has 0 aromatic heterocycles. The molecule has 5 nitrogen and oxygen atoms in total. The molecule has 1 aliphatic carbocycles. The van der Waals surface area contributed by atoms with E-state index in [0.717, 1.165) is 38.8 Å². The number of carboxylic acids is 1. The Morgan fingerprint density at radius 1 is 1.25 bits per heavy atom. The molecule has 0 radical (unpaired) electrons. The molecule has 5 heteroatoms. The smallest absolute Gasteiger partial charge is 0.310 e. The number of aliphatic carboxylic acids is 1. The lowest BCUT2D eigenvalue weighted by molar-refractivity contribution is -0.151. The minimum absolute atomic E-state index is 0.0896. The first-order valence-electron chi connectivity index (χ1n) is 7.70. The van der Waals surface area contributed by atoms with Gasteiger partial charge in [-0.05, 0) is 51.7 Å². The second kappa shape index (κ2) is 6.57. The Morgan fingerprint density at radius 2 is 1.85 bits per heavy atom. The molecule has 2 rings (SSSR count). The summed E-state index contributed by atoms with van der Waals surface area (Å²) in [5.74, 6) is -0.350. The normalized spacial score (nSPS) is 23.6. The van der Waals surface area contributed by atoms with Crippen molar-refractivity contribution >= 4 is 11.9 Å². The third-order valence-electron chi connectivity index (χ3n) is 4.94. The van der Waals surface area contributed by atoms with Crippen LogP contribution < -0.4 is 5.32 Å². The predicted octanol–water partition coefficient (Wildman–Crippen LogP) is 1.48. The molecule has 2 aliphatic rings. The molecule has 1 saturated carbocycles. The Hall–Kier alpha value is -1.10. The Balaban J connectivity index is 1.76. The number of carboxylic acid groups (broad SMARTS) is 1.